The van der Waals surface area contributed by atoms with Gasteiger partial charge in [-0.15, -0.1) is 0 Å². The van der Waals surface area contributed by atoms with Crippen LogP contribution in [0.5, 0.6) is 0 Å². The molecular formula is C16H17Cl2N4O2-. The molecule has 8 heteroatoms. The summed E-state index contributed by atoms with van der Waals surface area (Å²) < 4.78 is 1.74. The highest BCUT2D eigenvalue weighted by atomic mass is 35.5. The molecule has 1 heterocycles. The van der Waals surface area contributed by atoms with Crippen LogP contribution in [0.1, 0.15) is 41.4 Å². The van der Waals surface area contributed by atoms with Crippen molar-refractivity contribution in [3.8, 4) is 0 Å². The maximum Gasteiger partial charge on any atom is 0.136 e. The van der Waals surface area contributed by atoms with Crippen LogP contribution in [-0.4, -0.2) is 22.0 Å². The molecule has 0 amide bonds. The van der Waals surface area contributed by atoms with Crippen LogP contribution in [-0.2, 0) is 6.54 Å². The van der Waals surface area contributed by atoms with E-state index in [2.05, 4.69) is 22.5 Å². The van der Waals surface area contributed by atoms with Crippen LogP contribution >= 0.6 is 23.2 Å². The van der Waals surface area contributed by atoms with Gasteiger partial charge in [-0.3, -0.25) is 10.1 Å². The number of carbonyl (C=O) groups is 1. The van der Waals surface area contributed by atoms with Gasteiger partial charge >= 0.3 is 0 Å². The highest BCUT2D eigenvalue weighted by Gasteiger charge is 2.11. The Morgan fingerprint density at radius 1 is 1.46 bits per heavy atom. The second-order valence-electron chi connectivity index (χ2n) is 5.22. The predicted octanol–water partition coefficient (Wildman–Crippen LogP) is 3.11. The van der Waals surface area contributed by atoms with Gasteiger partial charge in [0.1, 0.15) is 5.15 Å². The normalized spacial score (nSPS) is 11.2. The molecule has 0 spiro atoms. The van der Waals surface area contributed by atoms with Gasteiger partial charge in [-0.25, -0.2) is 0 Å². The van der Waals surface area contributed by atoms with Crippen molar-refractivity contribution < 1.29 is 9.90 Å². The second-order valence-corrected chi connectivity index (χ2v) is 5.98. The first-order valence-electron chi connectivity index (χ1n) is 7.47. The van der Waals surface area contributed by atoms with Gasteiger partial charge in [-0.05, 0) is 31.0 Å². The summed E-state index contributed by atoms with van der Waals surface area (Å²) in [5.41, 5.74) is 4.55. The van der Waals surface area contributed by atoms with E-state index in [-0.39, 0.29) is 5.56 Å². The van der Waals surface area contributed by atoms with Gasteiger partial charge in [0.15, 0.2) is 0 Å². The molecule has 0 atom stereocenters. The Bertz CT molecular complexity index is 772. The maximum absolute atomic E-state index is 10.9. The molecule has 0 radical (unpaired) electrons. The molecule has 24 heavy (non-hydrogen) atoms. The van der Waals surface area contributed by atoms with E-state index in [0.29, 0.717) is 21.4 Å². The monoisotopic (exact) mass is 367 g/mol. The lowest BCUT2D eigenvalue weighted by Crippen LogP contribution is -2.22. The topological polar surface area (TPSA) is 82.3 Å². The van der Waals surface area contributed by atoms with Crippen molar-refractivity contribution in [1.29, 1.82) is 0 Å². The Labute approximate surface area is 150 Å². The third kappa shape index (κ3) is 4.27. The number of aromatic nitrogens is 2. The van der Waals surface area contributed by atoms with Crippen molar-refractivity contribution in [2.75, 3.05) is 5.43 Å². The number of anilines is 1. The Morgan fingerprint density at radius 2 is 2.21 bits per heavy atom. The summed E-state index contributed by atoms with van der Waals surface area (Å²) in [6, 6.07) is 4.19. The lowest BCUT2D eigenvalue weighted by Gasteiger charge is -2.07. The minimum absolute atomic E-state index is 0.0127. The third-order valence-corrected chi connectivity index (χ3v) is 4.14. The smallest absolute Gasteiger partial charge is 0.136 e. The first-order valence-corrected chi connectivity index (χ1v) is 8.22. The SMILES string of the molecule is CCCCn1nc(C)c(/C=N\Nc2cc(C(=O)[O-])ccc2Cl)c1Cl. The van der Waals surface area contributed by atoms with Crippen molar-refractivity contribution in [3.05, 3.63) is 45.2 Å². The highest BCUT2D eigenvalue weighted by Crippen LogP contribution is 2.23. The quantitative estimate of drug-likeness (QED) is 0.601. The van der Waals surface area contributed by atoms with Gasteiger partial charge in [0.05, 0.1) is 34.2 Å². The zero-order valence-electron chi connectivity index (χ0n) is 13.3. The number of benzene rings is 1. The molecule has 0 aliphatic heterocycles. The average molecular weight is 368 g/mol. The van der Waals surface area contributed by atoms with Crippen molar-refractivity contribution in [3.63, 3.8) is 0 Å². The fraction of sp³-hybridized carbons (Fsp3) is 0.312. The lowest BCUT2D eigenvalue weighted by atomic mass is 10.2. The van der Waals surface area contributed by atoms with E-state index < -0.39 is 5.97 Å². The Kier molecular flexibility index (Phi) is 6.23. The number of aryl methyl sites for hydroxylation is 2. The number of unbranched alkanes of at least 4 members (excludes halogenated alkanes) is 1. The maximum atomic E-state index is 10.9. The molecule has 0 unspecified atom stereocenters. The number of nitrogens with one attached hydrogen (secondary N) is 1. The van der Waals surface area contributed by atoms with Crippen LogP contribution in [0.3, 0.4) is 0 Å². The van der Waals surface area contributed by atoms with E-state index in [1.54, 1.807) is 4.68 Å². The van der Waals surface area contributed by atoms with E-state index in [4.69, 9.17) is 23.2 Å². The van der Waals surface area contributed by atoms with Crippen LogP contribution in [0.25, 0.3) is 0 Å². The van der Waals surface area contributed by atoms with Gasteiger partial charge in [0.2, 0.25) is 0 Å². The molecule has 0 fully saturated rings. The van der Waals surface area contributed by atoms with Crippen molar-refractivity contribution in [2.24, 2.45) is 5.10 Å². The summed E-state index contributed by atoms with van der Waals surface area (Å²) in [7, 11) is 0. The van der Waals surface area contributed by atoms with Crippen LogP contribution in [0.2, 0.25) is 10.2 Å². The zero-order valence-corrected chi connectivity index (χ0v) is 14.9. The number of aromatic carboxylic acids is 1. The van der Waals surface area contributed by atoms with Gasteiger partial charge < -0.3 is 9.90 Å². The number of carbonyl (C=O) groups excluding carboxylic acids is 1. The van der Waals surface area contributed by atoms with E-state index in [0.717, 1.165) is 25.1 Å². The largest absolute Gasteiger partial charge is 0.545 e. The Morgan fingerprint density at radius 3 is 2.88 bits per heavy atom. The van der Waals surface area contributed by atoms with Crippen molar-refractivity contribution in [2.45, 2.75) is 33.2 Å². The first-order chi connectivity index (χ1) is 11.4. The molecule has 0 bridgehead atoms. The minimum Gasteiger partial charge on any atom is -0.545 e. The molecule has 2 rings (SSSR count). The standard InChI is InChI=1S/C16H18Cl2N4O2/c1-3-4-7-22-15(18)12(10(2)21-22)9-19-20-14-8-11(16(23)24)5-6-13(14)17/h5-6,8-9,20H,3-4,7H2,1-2H3,(H,23,24)/p-1/b19-9-. The summed E-state index contributed by atoms with van der Waals surface area (Å²) >= 11 is 12.3. The summed E-state index contributed by atoms with van der Waals surface area (Å²) in [5.74, 6) is -1.28. The molecule has 6 nitrogen and oxygen atoms in total. The van der Waals surface area contributed by atoms with Gasteiger partial charge in [0, 0.05) is 6.54 Å². The number of carboxylic acids is 1. The third-order valence-electron chi connectivity index (χ3n) is 3.41. The molecule has 1 N–H and O–H groups in total. The van der Waals surface area contributed by atoms with Crippen LogP contribution < -0.4 is 10.5 Å². The molecule has 0 aliphatic rings. The zero-order chi connectivity index (χ0) is 17.7. The fourth-order valence-corrected chi connectivity index (χ4v) is 2.54. The number of carboxylic acid groups (broad SMARTS) is 1. The minimum atomic E-state index is -1.28. The summed E-state index contributed by atoms with van der Waals surface area (Å²) in [5, 5.41) is 20.2. The summed E-state index contributed by atoms with van der Waals surface area (Å²) in [6.45, 7) is 4.69. The van der Waals surface area contributed by atoms with Crippen molar-refractivity contribution >= 4 is 41.1 Å². The van der Waals surface area contributed by atoms with Crippen LogP contribution in [0, 0.1) is 6.92 Å². The average Bonchev–Trinajstić information content (AvgIpc) is 2.81. The number of nitrogens with zero attached hydrogens (tertiary/aromatic N) is 3. The van der Waals surface area contributed by atoms with Gasteiger partial charge in [0.25, 0.3) is 0 Å². The Balaban J connectivity index is 2.16. The number of hydrogen-bond donors (Lipinski definition) is 1. The van der Waals surface area contributed by atoms with E-state index in [1.807, 2.05) is 6.92 Å². The fourth-order valence-electron chi connectivity index (χ4n) is 2.07. The Hall–Kier alpha value is -2.05. The lowest BCUT2D eigenvalue weighted by molar-refractivity contribution is -0.255. The van der Waals surface area contributed by atoms with Crippen molar-refractivity contribution in [1.82, 2.24) is 9.78 Å². The molecule has 128 valence electrons. The molecule has 1 aromatic heterocycles. The number of hydrogen-bond acceptors (Lipinski definition) is 5. The number of hydrazone groups is 1. The number of rotatable bonds is 7. The first kappa shape index (κ1) is 18.3. The predicted molar refractivity (Wildman–Crippen MR) is 93.9 cm³/mol. The van der Waals surface area contributed by atoms with Gasteiger partial charge in [-0.1, -0.05) is 42.6 Å². The molecule has 1 aromatic carbocycles. The number of halogens is 2. The van der Waals surface area contributed by atoms with E-state index in [1.165, 1.54) is 24.4 Å². The van der Waals surface area contributed by atoms with Crippen LogP contribution in [0.4, 0.5) is 5.69 Å². The summed E-state index contributed by atoms with van der Waals surface area (Å²) in [4.78, 5) is 10.9. The molecular weight excluding hydrogens is 351 g/mol. The van der Waals surface area contributed by atoms with Gasteiger partial charge in [-0.2, -0.15) is 10.2 Å². The summed E-state index contributed by atoms with van der Waals surface area (Å²) in [6.07, 6.45) is 3.57. The second kappa shape index (κ2) is 8.17. The van der Waals surface area contributed by atoms with Crippen LogP contribution in [0.15, 0.2) is 23.3 Å². The molecule has 2 aromatic rings. The molecule has 0 aliphatic carbocycles. The van der Waals surface area contributed by atoms with E-state index >= 15 is 0 Å². The molecule has 0 saturated carbocycles. The molecule has 0 saturated heterocycles. The van der Waals surface area contributed by atoms with E-state index in [9.17, 15) is 9.90 Å². The highest BCUT2D eigenvalue weighted by molar-refractivity contribution is 6.33.